The van der Waals surface area contributed by atoms with Gasteiger partial charge in [0.25, 0.3) is 0 Å². The fourth-order valence-electron chi connectivity index (χ4n) is 2.82. The smallest absolute Gasteiger partial charge is 0.141 e. The first kappa shape index (κ1) is 14.2. The third kappa shape index (κ3) is 2.80. The number of benzene rings is 3. The van der Waals surface area contributed by atoms with Crippen LogP contribution >= 0.6 is 15.9 Å². The van der Waals surface area contributed by atoms with Crippen LogP contribution in [-0.4, -0.2) is 9.55 Å². The molecule has 4 aromatic rings. The van der Waals surface area contributed by atoms with E-state index >= 15 is 0 Å². The second-order valence-corrected chi connectivity index (χ2v) is 6.42. The number of para-hydroxylation sites is 2. The molecule has 0 unspecified atom stereocenters. The first-order valence-corrected chi connectivity index (χ1v) is 8.36. The van der Waals surface area contributed by atoms with Crippen molar-refractivity contribution in [1.82, 2.24) is 9.55 Å². The van der Waals surface area contributed by atoms with E-state index in [9.17, 15) is 0 Å². The largest absolute Gasteiger partial charge is 0.319 e. The highest BCUT2D eigenvalue weighted by molar-refractivity contribution is 9.10. The van der Waals surface area contributed by atoms with Crippen molar-refractivity contribution in [2.45, 2.75) is 6.54 Å². The highest BCUT2D eigenvalue weighted by atomic mass is 79.9. The van der Waals surface area contributed by atoms with Crippen molar-refractivity contribution in [3.8, 4) is 11.4 Å². The van der Waals surface area contributed by atoms with E-state index in [-0.39, 0.29) is 0 Å². The number of rotatable bonds is 3. The minimum Gasteiger partial charge on any atom is -0.319 e. The minimum absolute atomic E-state index is 0.812. The molecule has 1 heterocycles. The number of fused-ring (bicyclic) bond motifs is 1. The van der Waals surface area contributed by atoms with Gasteiger partial charge in [-0.1, -0.05) is 70.5 Å². The summed E-state index contributed by atoms with van der Waals surface area (Å²) in [5, 5.41) is 0. The molecule has 0 saturated heterocycles. The SMILES string of the molecule is Brc1ccc(-c2nc3ccccc3n2Cc2ccccc2)cc1. The Hall–Kier alpha value is -2.39. The predicted octanol–water partition coefficient (Wildman–Crippen LogP) is 5.51. The molecule has 0 atom stereocenters. The van der Waals surface area contributed by atoms with Crippen LogP contribution in [0.4, 0.5) is 0 Å². The fraction of sp³-hybridized carbons (Fsp3) is 0.0500. The Bertz CT molecular complexity index is 940. The molecule has 112 valence electrons. The van der Waals surface area contributed by atoms with Crippen molar-refractivity contribution < 1.29 is 0 Å². The van der Waals surface area contributed by atoms with Crippen molar-refractivity contribution in [3.05, 3.63) is 88.9 Å². The summed E-state index contributed by atoms with van der Waals surface area (Å²) in [7, 11) is 0. The highest BCUT2D eigenvalue weighted by Crippen LogP contribution is 2.27. The van der Waals surface area contributed by atoms with Gasteiger partial charge >= 0.3 is 0 Å². The van der Waals surface area contributed by atoms with Gasteiger partial charge in [0.2, 0.25) is 0 Å². The zero-order valence-electron chi connectivity index (χ0n) is 12.5. The summed E-state index contributed by atoms with van der Waals surface area (Å²) < 4.78 is 3.36. The van der Waals surface area contributed by atoms with Gasteiger partial charge in [-0.25, -0.2) is 4.98 Å². The topological polar surface area (TPSA) is 17.8 Å². The average Bonchev–Trinajstić information content (AvgIpc) is 2.95. The number of halogens is 1. The minimum atomic E-state index is 0.812. The van der Waals surface area contributed by atoms with Gasteiger partial charge in [-0.15, -0.1) is 0 Å². The van der Waals surface area contributed by atoms with Crippen molar-refractivity contribution in [2.75, 3.05) is 0 Å². The molecule has 3 heteroatoms. The summed E-state index contributed by atoms with van der Waals surface area (Å²) in [5.74, 6) is 1.00. The number of nitrogens with zero attached hydrogens (tertiary/aromatic N) is 2. The van der Waals surface area contributed by atoms with Crippen molar-refractivity contribution >= 4 is 27.0 Å². The summed E-state index contributed by atoms with van der Waals surface area (Å²) in [6, 6.07) is 27.1. The van der Waals surface area contributed by atoms with E-state index in [1.807, 2.05) is 12.1 Å². The number of aromatic nitrogens is 2. The van der Waals surface area contributed by atoms with Gasteiger partial charge < -0.3 is 4.57 Å². The van der Waals surface area contributed by atoms with E-state index in [4.69, 9.17) is 4.98 Å². The van der Waals surface area contributed by atoms with Gasteiger partial charge in [-0.3, -0.25) is 0 Å². The van der Waals surface area contributed by atoms with E-state index < -0.39 is 0 Å². The molecule has 23 heavy (non-hydrogen) atoms. The van der Waals surface area contributed by atoms with Gasteiger partial charge in [-0.05, 0) is 29.8 Å². The molecule has 0 aliphatic rings. The molecule has 0 N–H and O–H groups in total. The Morgan fingerprint density at radius 1 is 0.783 bits per heavy atom. The second-order valence-electron chi connectivity index (χ2n) is 5.50. The Labute approximate surface area is 143 Å². The molecule has 4 rings (SSSR count). The van der Waals surface area contributed by atoms with Gasteiger partial charge in [0, 0.05) is 16.6 Å². The van der Waals surface area contributed by atoms with Crippen LogP contribution in [0, 0.1) is 0 Å². The first-order valence-electron chi connectivity index (χ1n) is 7.56. The molecule has 0 aliphatic carbocycles. The second kappa shape index (κ2) is 6.01. The normalized spacial score (nSPS) is 11.0. The molecular weight excluding hydrogens is 348 g/mol. The van der Waals surface area contributed by atoms with E-state index in [1.54, 1.807) is 0 Å². The van der Waals surface area contributed by atoms with E-state index in [2.05, 4.69) is 87.2 Å². The lowest BCUT2D eigenvalue weighted by Crippen LogP contribution is -2.02. The molecular formula is C20H15BrN2. The summed E-state index contributed by atoms with van der Waals surface area (Å²) in [5.41, 5.74) is 4.59. The maximum atomic E-state index is 4.86. The van der Waals surface area contributed by atoms with Gasteiger partial charge in [0.1, 0.15) is 5.82 Å². The van der Waals surface area contributed by atoms with Crippen LogP contribution in [0.3, 0.4) is 0 Å². The summed E-state index contributed by atoms with van der Waals surface area (Å²) >= 11 is 3.50. The van der Waals surface area contributed by atoms with E-state index in [1.165, 1.54) is 5.56 Å². The molecule has 0 radical (unpaired) electrons. The molecule has 0 amide bonds. The van der Waals surface area contributed by atoms with Crippen LogP contribution in [-0.2, 0) is 6.54 Å². The molecule has 0 bridgehead atoms. The van der Waals surface area contributed by atoms with E-state index in [0.717, 1.165) is 33.4 Å². The van der Waals surface area contributed by atoms with Gasteiger partial charge in [-0.2, -0.15) is 0 Å². The van der Waals surface area contributed by atoms with Gasteiger partial charge in [0.15, 0.2) is 0 Å². The summed E-state index contributed by atoms with van der Waals surface area (Å²) in [6.07, 6.45) is 0. The summed E-state index contributed by atoms with van der Waals surface area (Å²) in [6.45, 7) is 0.812. The van der Waals surface area contributed by atoms with Crippen LogP contribution in [0.5, 0.6) is 0 Å². The van der Waals surface area contributed by atoms with Crippen molar-refractivity contribution in [3.63, 3.8) is 0 Å². The van der Waals surface area contributed by atoms with Crippen LogP contribution < -0.4 is 0 Å². The van der Waals surface area contributed by atoms with Crippen LogP contribution in [0.1, 0.15) is 5.56 Å². The van der Waals surface area contributed by atoms with E-state index in [0.29, 0.717) is 0 Å². The maximum absolute atomic E-state index is 4.86. The third-order valence-electron chi connectivity index (χ3n) is 3.94. The molecule has 2 nitrogen and oxygen atoms in total. The molecule has 0 aliphatic heterocycles. The monoisotopic (exact) mass is 362 g/mol. The molecule has 0 spiro atoms. The molecule has 0 fully saturated rings. The lowest BCUT2D eigenvalue weighted by molar-refractivity contribution is 0.834. The Balaban J connectivity index is 1.89. The number of hydrogen-bond acceptors (Lipinski definition) is 1. The summed E-state index contributed by atoms with van der Waals surface area (Å²) in [4.78, 5) is 4.86. The maximum Gasteiger partial charge on any atom is 0.141 e. The lowest BCUT2D eigenvalue weighted by atomic mass is 10.2. The average molecular weight is 363 g/mol. The number of imidazole rings is 1. The Morgan fingerprint density at radius 2 is 1.48 bits per heavy atom. The molecule has 3 aromatic carbocycles. The van der Waals surface area contributed by atoms with Gasteiger partial charge in [0.05, 0.1) is 11.0 Å². The first-order chi connectivity index (χ1) is 11.3. The predicted molar refractivity (Wildman–Crippen MR) is 98.4 cm³/mol. The molecule has 0 saturated carbocycles. The lowest BCUT2D eigenvalue weighted by Gasteiger charge is -2.10. The van der Waals surface area contributed by atoms with Crippen LogP contribution in [0.15, 0.2) is 83.3 Å². The zero-order chi connectivity index (χ0) is 15.6. The Morgan fingerprint density at radius 3 is 2.26 bits per heavy atom. The standard InChI is InChI=1S/C20H15BrN2/c21-17-12-10-16(11-13-17)20-22-18-8-4-5-9-19(18)23(20)14-15-6-2-1-3-7-15/h1-13H,14H2. The van der Waals surface area contributed by atoms with Crippen LogP contribution in [0.25, 0.3) is 22.4 Å². The van der Waals surface area contributed by atoms with Crippen LogP contribution in [0.2, 0.25) is 0 Å². The molecule has 1 aromatic heterocycles. The quantitative estimate of drug-likeness (QED) is 0.469. The third-order valence-corrected chi connectivity index (χ3v) is 4.47. The number of hydrogen-bond donors (Lipinski definition) is 0. The van der Waals surface area contributed by atoms with Crippen molar-refractivity contribution in [1.29, 1.82) is 0 Å². The Kier molecular flexibility index (Phi) is 3.72. The zero-order valence-corrected chi connectivity index (χ0v) is 14.1. The highest BCUT2D eigenvalue weighted by Gasteiger charge is 2.12. The van der Waals surface area contributed by atoms with Crippen molar-refractivity contribution in [2.24, 2.45) is 0 Å². The fourth-order valence-corrected chi connectivity index (χ4v) is 3.09.